The molecule has 1 atom stereocenters. The number of aromatic nitrogens is 5. The van der Waals surface area contributed by atoms with Crippen LogP contribution in [0.1, 0.15) is 74.0 Å². The van der Waals surface area contributed by atoms with Crippen molar-refractivity contribution in [2.24, 2.45) is 0 Å². The number of benzene rings is 1. The van der Waals surface area contributed by atoms with E-state index in [-0.39, 0.29) is 23.7 Å². The van der Waals surface area contributed by atoms with Gasteiger partial charge in [-0.2, -0.15) is 0 Å². The molecule has 2 fully saturated rings. The maximum Gasteiger partial charge on any atom is 0.258 e. The van der Waals surface area contributed by atoms with Crippen LogP contribution in [0.2, 0.25) is 0 Å². The lowest BCUT2D eigenvalue weighted by Crippen LogP contribution is -3.14. The van der Waals surface area contributed by atoms with E-state index in [2.05, 4.69) is 33.5 Å². The fourth-order valence-corrected chi connectivity index (χ4v) is 5.34. The number of aliphatic hydroxyl groups is 1. The number of aromatic amines is 1. The van der Waals surface area contributed by atoms with Crippen molar-refractivity contribution < 1.29 is 10.0 Å². The van der Waals surface area contributed by atoms with Gasteiger partial charge in [0, 0.05) is 18.4 Å². The van der Waals surface area contributed by atoms with E-state index < -0.39 is 0 Å². The maximum absolute atomic E-state index is 13.3. The first-order valence-electron chi connectivity index (χ1n) is 11.5. The standard InChI is InChI=1S/C23H30N6O2/c1-15-7-8-20-16(13-15)14-19(23(31)24-20)21(28-11-9-18(30)10-12-28)22-25-26-27-29(22)17-5-3-2-4-6-17/h7-8,13-14,17-18,21,30H,2-6,9-12H2,1H3,(H,24,31)/p+1/t21-/m1/s1. The van der Waals surface area contributed by atoms with Crippen molar-refractivity contribution in [1.82, 2.24) is 25.2 Å². The molecule has 0 amide bonds. The molecule has 1 aromatic carbocycles. The minimum Gasteiger partial charge on any atom is -0.393 e. The highest BCUT2D eigenvalue weighted by Crippen LogP contribution is 2.30. The number of pyridine rings is 1. The molecule has 8 nitrogen and oxygen atoms in total. The number of hydrogen-bond donors (Lipinski definition) is 3. The average molecular weight is 424 g/mol. The van der Waals surface area contributed by atoms with Gasteiger partial charge in [0.25, 0.3) is 5.56 Å². The number of nitrogens with one attached hydrogen (secondary N) is 2. The minimum atomic E-state index is -0.267. The van der Waals surface area contributed by atoms with Crippen LogP contribution >= 0.6 is 0 Å². The maximum atomic E-state index is 13.3. The largest absolute Gasteiger partial charge is 0.393 e. The lowest BCUT2D eigenvalue weighted by molar-refractivity contribution is -0.932. The Balaban J connectivity index is 1.62. The number of hydrogen-bond acceptors (Lipinski definition) is 5. The van der Waals surface area contributed by atoms with Crippen molar-refractivity contribution in [2.75, 3.05) is 13.1 Å². The lowest BCUT2D eigenvalue weighted by atomic mass is 9.94. The third-order valence-corrected chi connectivity index (χ3v) is 7.04. The van der Waals surface area contributed by atoms with E-state index in [9.17, 15) is 9.90 Å². The molecule has 3 aromatic rings. The molecule has 1 saturated heterocycles. The summed E-state index contributed by atoms with van der Waals surface area (Å²) in [7, 11) is 0. The zero-order chi connectivity index (χ0) is 21.4. The van der Waals surface area contributed by atoms with Crippen molar-refractivity contribution in [1.29, 1.82) is 0 Å². The fraction of sp³-hybridized carbons (Fsp3) is 0.565. The van der Waals surface area contributed by atoms with E-state index in [1.54, 1.807) is 0 Å². The number of H-pyrrole nitrogens is 1. The lowest BCUT2D eigenvalue weighted by Gasteiger charge is -2.33. The molecule has 5 rings (SSSR count). The van der Waals surface area contributed by atoms with Crippen molar-refractivity contribution in [3.63, 3.8) is 0 Å². The Labute approximate surface area is 181 Å². The van der Waals surface area contributed by atoms with Gasteiger partial charge in [-0.3, -0.25) is 4.79 Å². The quantitative estimate of drug-likeness (QED) is 0.590. The summed E-state index contributed by atoms with van der Waals surface area (Å²) in [6.07, 6.45) is 6.97. The Bertz CT molecular complexity index is 1110. The zero-order valence-electron chi connectivity index (χ0n) is 18.0. The van der Waals surface area contributed by atoms with E-state index in [1.807, 2.05) is 22.9 Å². The van der Waals surface area contributed by atoms with Crippen LogP contribution in [0.5, 0.6) is 0 Å². The molecule has 3 heterocycles. The molecule has 2 aromatic heterocycles. The first-order valence-corrected chi connectivity index (χ1v) is 11.5. The summed E-state index contributed by atoms with van der Waals surface area (Å²) in [6.45, 7) is 3.63. The summed E-state index contributed by atoms with van der Waals surface area (Å²) in [6, 6.07) is 8.13. The molecule has 164 valence electrons. The average Bonchev–Trinajstić information content (AvgIpc) is 3.26. The van der Waals surface area contributed by atoms with E-state index in [0.717, 1.165) is 61.1 Å². The number of nitrogens with zero attached hydrogens (tertiary/aromatic N) is 4. The Morgan fingerprint density at radius 2 is 1.90 bits per heavy atom. The van der Waals surface area contributed by atoms with Gasteiger partial charge in [0.15, 0.2) is 6.04 Å². The first kappa shape index (κ1) is 20.3. The Kier molecular flexibility index (Phi) is 5.58. The topological polar surface area (TPSA) is 101 Å². The van der Waals surface area contributed by atoms with Crippen LogP contribution in [0.25, 0.3) is 10.9 Å². The van der Waals surface area contributed by atoms with E-state index in [0.29, 0.717) is 5.56 Å². The van der Waals surface area contributed by atoms with Crippen LogP contribution in [-0.2, 0) is 0 Å². The van der Waals surface area contributed by atoms with Crippen LogP contribution in [0.3, 0.4) is 0 Å². The highest BCUT2D eigenvalue weighted by Gasteiger charge is 2.37. The Hall–Kier alpha value is -2.58. The van der Waals surface area contributed by atoms with Gasteiger partial charge >= 0.3 is 0 Å². The number of piperidine rings is 1. The third-order valence-electron chi connectivity index (χ3n) is 7.04. The Morgan fingerprint density at radius 1 is 1.13 bits per heavy atom. The summed E-state index contributed by atoms with van der Waals surface area (Å²) < 4.78 is 1.99. The number of aryl methyl sites for hydroxylation is 1. The van der Waals surface area contributed by atoms with Crippen molar-refractivity contribution in [3.05, 3.63) is 51.6 Å². The fourth-order valence-electron chi connectivity index (χ4n) is 5.34. The van der Waals surface area contributed by atoms with Gasteiger partial charge in [0.05, 0.1) is 30.8 Å². The summed E-state index contributed by atoms with van der Waals surface area (Å²) in [5, 5.41) is 24.0. The van der Waals surface area contributed by atoms with Crippen molar-refractivity contribution in [3.8, 4) is 0 Å². The molecular formula is C23H31N6O2+. The van der Waals surface area contributed by atoms with Crippen LogP contribution in [0.15, 0.2) is 29.1 Å². The van der Waals surface area contributed by atoms with Gasteiger partial charge in [-0.25, -0.2) is 4.68 Å². The molecule has 0 bridgehead atoms. The number of rotatable bonds is 4. The molecule has 2 aliphatic rings. The van der Waals surface area contributed by atoms with Gasteiger partial charge in [-0.1, -0.05) is 30.9 Å². The molecule has 31 heavy (non-hydrogen) atoms. The Morgan fingerprint density at radius 3 is 2.68 bits per heavy atom. The smallest absolute Gasteiger partial charge is 0.258 e. The highest BCUT2D eigenvalue weighted by atomic mass is 16.3. The summed E-state index contributed by atoms with van der Waals surface area (Å²) in [5.41, 5.74) is 2.62. The van der Waals surface area contributed by atoms with E-state index >= 15 is 0 Å². The van der Waals surface area contributed by atoms with Gasteiger partial charge in [-0.05, 0) is 53.8 Å². The van der Waals surface area contributed by atoms with Gasteiger partial charge < -0.3 is 15.0 Å². The number of fused-ring (bicyclic) bond motifs is 1. The molecule has 0 unspecified atom stereocenters. The highest BCUT2D eigenvalue weighted by molar-refractivity contribution is 5.79. The monoisotopic (exact) mass is 423 g/mol. The van der Waals surface area contributed by atoms with Crippen LogP contribution in [0, 0.1) is 6.92 Å². The SMILES string of the molecule is Cc1ccc2[nH]c(=O)c([C@H](c3nnnn3C3CCCCC3)[NH+]3CCC(O)CC3)cc2c1. The molecule has 1 aliphatic carbocycles. The zero-order valence-corrected chi connectivity index (χ0v) is 18.0. The van der Waals surface area contributed by atoms with Crippen molar-refractivity contribution >= 4 is 10.9 Å². The second-order valence-electron chi connectivity index (χ2n) is 9.24. The number of quaternary nitrogens is 1. The van der Waals surface area contributed by atoms with E-state index in [4.69, 9.17) is 0 Å². The molecule has 3 N–H and O–H groups in total. The third kappa shape index (κ3) is 4.02. The predicted molar refractivity (Wildman–Crippen MR) is 117 cm³/mol. The second-order valence-corrected chi connectivity index (χ2v) is 9.24. The van der Waals surface area contributed by atoms with Crippen LogP contribution < -0.4 is 10.5 Å². The molecule has 1 saturated carbocycles. The summed E-state index contributed by atoms with van der Waals surface area (Å²) in [5.74, 6) is 0.774. The molecule has 0 radical (unpaired) electrons. The van der Waals surface area contributed by atoms with Crippen LogP contribution in [-0.4, -0.2) is 49.5 Å². The summed E-state index contributed by atoms with van der Waals surface area (Å²) in [4.78, 5) is 17.6. The number of tetrazole rings is 1. The molecule has 8 heteroatoms. The summed E-state index contributed by atoms with van der Waals surface area (Å²) >= 11 is 0. The predicted octanol–water partition coefficient (Wildman–Crippen LogP) is 1.46. The van der Waals surface area contributed by atoms with E-state index in [1.165, 1.54) is 24.2 Å². The molecule has 0 spiro atoms. The van der Waals surface area contributed by atoms with Gasteiger partial charge in [0.1, 0.15) is 0 Å². The normalized spacial score (nSPS) is 23.8. The van der Waals surface area contributed by atoms with Crippen LogP contribution in [0.4, 0.5) is 0 Å². The molecular weight excluding hydrogens is 392 g/mol. The molecule has 1 aliphatic heterocycles. The first-order chi connectivity index (χ1) is 15.1. The number of aliphatic hydroxyl groups excluding tert-OH is 1. The van der Waals surface area contributed by atoms with Gasteiger partial charge in [0.2, 0.25) is 5.82 Å². The number of likely N-dealkylation sites (tertiary alicyclic amines) is 1. The second kappa shape index (κ2) is 8.51. The van der Waals surface area contributed by atoms with Gasteiger partial charge in [-0.15, -0.1) is 5.10 Å². The minimum absolute atomic E-state index is 0.0850. The van der Waals surface area contributed by atoms with Crippen molar-refractivity contribution in [2.45, 2.75) is 70.1 Å².